The van der Waals surface area contributed by atoms with E-state index >= 15 is 0 Å². The second kappa shape index (κ2) is 5.47. The summed E-state index contributed by atoms with van der Waals surface area (Å²) in [6.07, 6.45) is 4.29. The minimum atomic E-state index is -0.185. The first-order chi connectivity index (χ1) is 7.84. The van der Waals surface area contributed by atoms with Gasteiger partial charge in [0.25, 0.3) is 0 Å². The first-order valence-corrected chi connectivity index (χ1v) is 5.31. The average Bonchev–Trinajstić information content (AvgIpc) is 2.80. The van der Waals surface area contributed by atoms with Crippen molar-refractivity contribution in [1.29, 1.82) is 0 Å². The van der Waals surface area contributed by atoms with Crippen LogP contribution in [0.25, 0.3) is 0 Å². The lowest BCUT2D eigenvalue weighted by molar-refractivity contribution is 0.560. The molecule has 1 heterocycles. The maximum absolute atomic E-state index is 12.6. The van der Waals surface area contributed by atoms with Gasteiger partial charge in [0.2, 0.25) is 0 Å². The molecule has 1 aromatic heterocycles. The van der Waals surface area contributed by atoms with Gasteiger partial charge < -0.3 is 9.73 Å². The van der Waals surface area contributed by atoms with Crippen molar-refractivity contribution in [1.82, 2.24) is 5.32 Å². The van der Waals surface area contributed by atoms with Crippen LogP contribution in [-0.2, 0) is 13.0 Å². The maximum atomic E-state index is 12.6. The smallest absolute Gasteiger partial charge is 0.123 e. The molecule has 0 fully saturated rings. The van der Waals surface area contributed by atoms with Gasteiger partial charge in [0.05, 0.1) is 12.5 Å². The molecule has 0 spiro atoms. The van der Waals surface area contributed by atoms with Gasteiger partial charge in [0.15, 0.2) is 0 Å². The highest BCUT2D eigenvalue weighted by Crippen LogP contribution is 2.03. The Bertz CT molecular complexity index is 408. The molecule has 2 rings (SSSR count). The molecule has 84 valence electrons. The van der Waals surface area contributed by atoms with E-state index in [-0.39, 0.29) is 5.82 Å². The van der Waals surface area contributed by atoms with E-state index in [9.17, 15) is 4.39 Å². The third-order valence-electron chi connectivity index (χ3n) is 2.41. The van der Waals surface area contributed by atoms with E-state index in [1.807, 2.05) is 18.2 Å². The third-order valence-corrected chi connectivity index (χ3v) is 2.41. The third kappa shape index (κ3) is 3.21. The number of furan rings is 1. The average molecular weight is 219 g/mol. The Morgan fingerprint density at radius 2 is 1.88 bits per heavy atom. The van der Waals surface area contributed by atoms with Crippen molar-refractivity contribution in [3.63, 3.8) is 0 Å². The summed E-state index contributed by atoms with van der Waals surface area (Å²) in [6, 6.07) is 8.55. The zero-order valence-corrected chi connectivity index (χ0v) is 8.95. The van der Waals surface area contributed by atoms with Crippen LogP contribution in [0.15, 0.2) is 47.3 Å². The molecule has 0 unspecified atom stereocenters. The fourth-order valence-corrected chi connectivity index (χ4v) is 1.51. The molecular formula is C13H14FNO. The van der Waals surface area contributed by atoms with Gasteiger partial charge in [0, 0.05) is 12.1 Å². The van der Waals surface area contributed by atoms with Crippen LogP contribution in [0, 0.1) is 5.82 Å². The SMILES string of the molecule is Fc1ccc(CCNCc2ccoc2)cc1. The van der Waals surface area contributed by atoms with E-state index in [0.717, 1.165) is 30.6 Å². The molecule has 0 aliphatic rings. The van der Waals surface area contributed by atoms with Gasteiger partial charge in [-0.1, -0.05) is 12.1 Å². The molecule has 0 atom stereocenters. The topological polar surface area (TPSA) is 25.2 Å². The lowest BCUT2D eigenvalue weighted by Crippen LogP contribution is -2.16. The van der Waals surface area contributed by atoms with Crippen LogP contribution >= 0.6 is 0 Å². The Morgan fingerprint density at radius 1 is 1.06 bits per heavy atom. The monoisotopic (exact) mass is 219 g/mol. The van der Waals surface area contributed by atoms with Gasteiger partial charge in [-0.15, -0.1) is 0 Å². The number of hydrogen-bond acceptors (Lipinski definition) is 2. The first kappa shape index (κ1) is 10.9. The quantitative estimate of drug-likeness (QED) is 0.782. The number of hydrogen-bond donors (Lipinski definition) is 1. The Labute approximate surface area is 94.1 Å². The van der Waals surface area contributed by atoms with Gasteiger partial charge in [-0.3, -0.25) is 0 Å². The van der Waals surface area contributed by atoms with E-state index in [4.69, 9.17) is 4.42 Å². The minimum Gasteiger partial charge on any atom is -0.472 e. The van der Waals surface area contributed by atoms with E-state index < -0.39 is 0 Å². The summed E-state index contributed by atoms with van der Waals surface area (Å²) in [5.74, 6) is -0.185. The van der Waals surface area contributed by atoms with Gasteiger partial charge in [0.1, 0.15) is 5.82 Å². The van der Waals surface area contributed by atoms with Crippen LogP contribution in [0.1, 0.15) is 11.1 Å². The molecule has 0 radical (unpaired) electrons. The molecule has 0 aliphatic carbocycles. The zero-order chi connectivity index (χ0) is 11.2. The summed E-state index contributed by atoms with van der Waals surface area (Å²) in [5, 5.41) is 3.30. The van der Waals surface area contributed by atoms with Crippen LogP contribution < -0.4 is 5.32 Å². The van der Waals surface area contributed by atoms with Crippen molar-refractivity contribution in [3.05, 3.63) is 59.8 Å². The van der Waals surface area contributed by atoms with Crippen LogP contribution in [0.4, 0.5) is 4.39 Å². The first-order valence-electron chi connectivity index (χ1n) is 5.31. The Hall–Kier alpha value is -1.61. The molecule has 0 saturated heterocycles. The van der Waals surface area contributed by atoms with E-state index in [1.165, 1.54) is 12.1 Å². The summed E-state index contributed by atoms with van der Waals surface area (Å²) in [5.41, 5.74) is 2.28. The Balaban J connectivity index is 1.70. The fourth-order valence-electron chi connectivity index (χ4n) is 1.51. The fraction of sp³-hybridized carbons (Fsp3) is 0.231. The van der Waals surface area contributed by atoms with Gasteiger partial charge in [-0.25, -0.2) is 4.39 Å². The van der Waals surface area contributed by atoms with Crippen molar-refractivity contribution in [2.24, 2.45) is 0 Å². The van der Waals surface area contributed by atoms with E-state index in [0.29, 0.717) is 0 Å². The molecule has 0 aliphatic heterocycles. The van der Waals surface area contributed by atoms with Crippen molar-refractivity contribution >= 4 is 0 Å². The molecular weight excluding hydrogens is 205 g/mol. The lowest BCUT2D eigenvalue weighted by Gasteiger charge is -2.03. The zero-order valence-electron chi connectivity index (χ0n) is 8.95. The van der Waals surface area contributed by atoms with Crippen molar-refractivity contribution < 1.29 is 8.81 Å². The highest BCUT2D eigenvalue weighted by atomic mass is 19.1. The number of rotatable bonds is 5. The van der Waals surface area contributed by atoms with Gasteiger partial charge in [-0.05, 0) is 36.7 Å². The molecule has 0 saturated carbocycles. The molecule has 2 nitrogen and oxygen atoms in total. The summed E-state index contributed by atoms with van der Waals surface area (Å²) >= 11 is 0. The van der Waals surface area contributed by atoms with Crippen LogP contribution in [0.3, 0.4) is 0 Å². The summed E-state index contributed by atoms with van der Waals surface area (Å²) in [7, 11) is 0. The lowest BCUT2D eigenvalue weighted by atomic mass is 10.1. The molecule has 16 heavy (non-hydrogen) atoms. The minimum absolute atomic E-state index is 0.185. The summed E-state index contributed by atoms with van der Waals surface area (Å²) in [6.45, 7) is 1.68. The van der Waals surface area contributed by atoms with E-state index in [2.05, 4.69) is 5.32 Å². The van der Waals surface area contributed by atoms with Crippen LogP contribution in [0.2, 0.25) is 0 Å². The standard InChI is InChI=1S/C13H14FNO/c14-13-3-1-11(2-4-13)5-7-15-9-12-6-8-16-10-12/h1-4,6,8,10,15H,5,7,9H2. The predicted octanol–water partition coefficient (Wildman–Crippen LogP) is 2.75. The Morgan fingerprint density at radius 3 is 2.56 bits per heavy atom. The highest BCUT2D eigenvalue weighted by Gasteiger charge is 1.95. The molecule has 0 amide bonds. The van der Waals surface area contributed by atoms with Crippen LogP contribution in [-0.4, -0.2) is 6.54 Å². The largest absolute Gasteiger partial charge is 0.472 e. The molecule has 1 aromatic carbocycles. The van der Waals surface area contributed by atoms with E-state index in [1.54, 1.807) is 12.5 Å². The molecule has 3 heteroatoms. The van der Waals surface area contributed by atoms with Crippen molar-refractivity contribution in [2.75, 3.05) is 6.54 Å². The maximum Gasteiger partial charge on any atom is 0.123 e. The summed E-state index contributed by atoms with van der Waals surface area (Å²) < 4.78 is 17.6. The highest BCUT2D eigenvalue weighted by molar-refractivity contribution is 5.16. The van der Waals surface area contributed by atoms with Crippen molar-refractivity contribution in [3.8, 4) is 0 Å². The Kier molecular flexibility index (Phi) is 3.72. The van der Waals surface area contributed by atoms with Gasteiger partial charge >= 0.3 is 0 Å². The summed E-state index contributed by atoms with van der Waals surface area (Å²) in [4.78, 5) is 0. The number of halogens is 1. The van der Waals surface area contributed by atoms with Crippen LogP contribution in [0.5, 0.6) is 0 Å². The molecule has 1 N–H and O–H groups in total. The second-order valence-corrected chi connectivity index (χ2v) is 3.68. The normalized spacial score (nSPS) is 10.6. The molecule has 0 bridgehead atoms. The molecule has 2 aromatic rings. The predicted molar refractivity (Wildman–Crippen MR) is 60.5 cm³/mol. The number of nitrogens with one attached hydrogen (secondary N) is 1. The van der Waals surface area contributed by atoms with Crippen molar-refractivity contribution in [2.45, 2.75) is 13.0 Å². The second-order valence-electron chi connectivity index (χ2n) is 3.68. The van der Waals surface area contributed by atoms with Gasteiger partial charge in [-0.2, -0.15) is 0 Å². The number of benzene rings is 1.